The number of hydrogen-bond acceptors (Lipinski definition) is 0. The predicted octanol–water partition coefficient (Wildman–Crippen LogP) is 5.74. The van der Waals surface area contributed by atoms with Gasteiger partial charge in [0.1, 0.15) is 0 Å². The van der Waals surface area contributed by atoms with Crippen LogP contribution in [0.4, 0.5) is 0 Å². The molecule has 2 heteroatoms. The summed E-state index contributed by atoms with van der Waals surface area (Å²) in [6.45, 7) is 0. The van der Waals surface area contributed by atoms with E-state index < -0.39 is 28.7 Å². The van der Waals surface area contributed by atoms with E-state index in [1.807, 2.05) is 0 Å². The van der Waals surface area contributed by atoms with Crippen molar-refractivity contribution in [2.45, 2.75) is 23.0 Å². The van der Waals surface area contributed by atoms with Crippen molar-refractivity contribution >= 4 is 37.5 Å². The van der Waals surface area contributed by atoms with Gasteiger partial charge < -0.3 is 0 Å². The Bertz CT molecular complexity index is 578. The fourth-order valence-corrected chi connectivity index (χ4v) is 7.38. The van der Waals surface area contributed by atoms with E-state index in [2.05, 4.69) is 95.8 Å². The molecule has 0 bridgehead atoms. The summed E-state index contributed by atoms with van der Waals surface area (Å²) in [4.78, 5) is 0. The molecule has 0 aromatic heterocycles. The number of benzene rings is 2. The molecular weight excluding hydrogens is 385 g/mol. The second-order valence-corrected chi connectivity index (χ2v) is 16.5. The summed E-state index contributed by atoms with van der Waals surface area (Å²) in [7, 11) is 0. The summed E-state index contributed by atoms with van der Waals surface area (Å²) in [6.07, 6.45) is 4.82. The van der Waals surface area contributed by atoms with E-state index in [0.717, 1.165) is 0 Å². The Balaban J connectivity index is 2.42. The minimum atomic E-state index is -1.14. The van der Waals surface area contributed by atoms with Gasteiger partial charge in [-0.2, -0.15) is 0 Å². The van der Waals surface area contributed by atoms with Crippen LogP contribution in [-0.4, -0.2) is 28.7 Å². The Hall–Kier alpha value is -0.994. The molecule has 0 saturated carbocycles. The molecule has 0 spiro atoms. The van der Waals surface area contributed by atoms with Crippen LogP contribution in [0.5, 0.6) is 0 Å². The molecule has 0 atom stereocenters. The second kappa shape index (κ2) is 8.59. The first kappa shape index (κ1) is 17.4. The van der Waals surface area contributed by atoms with Crippen LogP contribution >= 0.6 is 0 Å². The summed E-state index contributed by atoms with van der Waals surface area (Å²) in [5.74, 6) is 9.74. The maximum atomic E-state index is 2.43. The fourth-order valence-electron chi connectivity index (χ4n) is 2.51. The zero-order chi connectivity index (χ0) is 15.9. The first-order valence-corrected chi connectivity index (χ1v) is 18.2. The molecule has 2 rings (SSSR count). The van der Waals surface area contributed by atoms with Crippen molar-refractivity contribution in [3.63, 3.8) is 0 Å². The van der Waals surface area contributed by atoms with Crippen molar-refractivity contribution in [3.8, 4) is 0 Å². The molecule has 0 heterocycles. The van der Waals surface area contributed by atoms with Crippen LogP contribution in [0, 0.1) is 0 Å². The van der Waals surface area contributed by atoms with E-state index in [0.29, 0.717) is 0 Å². The Kier molecular flexibility index (Phi) is 6.78. The monoisotopic (exact) mass is 412 g/mol. The average Bonchev–Trinajstić information content (AvgIpc) is 2.52. The van der Waals surface area contributed by atoms with Gasteiger partial charge >= 0.3 is 144 Å². The third-order valence-electron chi connectivity index (χ3n) is 3.66. The van der Waals surface area contributed by atoms with Crippen molar-refractivity contribution in [2.75, 3.05) is 0 Å². The molecule has 22 heavy (non-hydrogen) atoms. The molecule has 2 aromatic rings. The van der Waals surface area contributed by atoms with Crippen molar-refractivity contribution < 1.29 is 0 Å². The Morgan fingerprint density at radius 2 is 0.909 bits per heavy atom. The van der Waals surface area contributed by atoms with Crippen molar-refractivity contribution in [2.24, 2.45) is 0 Å². The maximum absolute atomic E-state index is 2.43. The fraction of sp³-hybridized carbons (Fsp3) is 0.200. The summed E-state index contributed by atoms with van der Waals surface area (Å²) in [5.41, 5.74) is 2.81. The summed E-state index contributed by atoms with van der Waals surface area (Å²) in [6, 6.07) is 21.8. The molecule has 0 saturated heterocycles. The SMILES string of the molecule is [CH3][Ge]([CH3])/[C](=C\C=[C](\c1ccccc1)[Ge]([CH3])[CH3])c1ccccc1. The zero-order valence-corrected chi connectivity index (χ0v) is 18.1. The van der Waals surface area contributed by atoms with E-state index in [1.54, 1.807) is 8.81 Å². The van der Waals surface area contributed by atoms with Gasteiger partial charge in [0.05, 0.1) is 0 Å². The third-order valence-corrected chi connectivity index (χ3v) is 10.1. The molecule has 2 radical (unpaired) electrons. The molecule has 0 N–H and O–H groups in total. The van der Waals surface area contributed by atoms with Crippen LogP contribution in [0.3, 0.4) is 0 Å². The standard InChI is InChI=1S/C20H24Ge2/c1-21(2)19(17-11-7-5-8-12-17)15-16-20(22(3)4)18-13-9-6-10-14-18/h5-16H,1-4H3/b19-15-,20-16-. The van der Waals surface area contributed by atoms with Gasteiger partial charge in [-0.15, -0.1) is 0 Å². The number of allylic oxidation sites excluding steroid dienone is 2. The molecule has 2 aromatic carbocycles. The minimum absolute atomic E-state index is 1.14. The van der Waals surface area contributed by atoms with E-state index in [9.17, 15) is 0 Å². The Morgan fingerprint density at radius 1 is 0.591 bits per heavy atom. The van der Waals surface area contributed by atoms with Crippen LogP contribution in [0.2, 0.25) is 23.0 Å². The van der Waals surface area contributed by atoms with Crippen molar-refractivity contribution in [3.05, 3.63) is 83.9 Å². The van der Waals surface area contributed by atoms with Crippen LogP contribution in [-0.2, 0) is 0 Å². The molecular formula is C20H24Ge2. The molecule has 0 aliphatic heterocycles. The summed E-state index contributed by atoms with van der Waals surface area (Å²) in [5, 5.41) is 0. The van der Waals surface area contributed by atoms with E-state index in [4.69, 9.17) is 0 Å². The van der Waals surface area contributed by atoms with Crippen LogP contribution in [0.1, 0.15) is 11.1 Å². The van der Waals surface area contributed by atoms with Crippen molar-refractivity contribution in [1.29, 1.82) is 0 Å². The molecule has 112 valence electrons. The summed E-state index contributed by atoms with van der Waals surface area (Å²) >= 11 is -2.28. The Labute approximate surface area is 144 Å². The third kappa shape index (κ3) is 4.75. The van der Waals surface area contributed by atoms with Gasteiger partial charge in [-0.3, -0.25) is 0 Å². The van der Waals surface area contributed by atoms with Crippen LogP contribution in [0.15, 0.2) is 72.8 Å². The van der Waals surface area contributed by atoms with E-state index in [1.165, 1.54) is 11.1 Å². The Morgan fingerprint density at radius 3 is 1.18 bits per heavy atom. The quantitative estimate of drug-likeness (QED) is 0.436. The zero-order valence-electron chi connectivity index (χ0n) is 13.9. The first-order chi connectivity index (χ1) is 10.6. The van der Waals surface area contributed by atoms with Gasteiger partial charge in [-0.25, -0.2) is 0 Å². The van der Waals surface area contributed by atoms with Gasteiger partial charge in [0, 0.05) is 0 Å². The molecule has 0 nitrogen and oxygen atoms in total. The van der Waals surface area contributed by atoms with E-state index >= 15 is 0 Å². The van der Waals surface area contributed by atoms with Gasteiger partial charge in [-0.05, 0) is 0 Å². The molecule has 0 amide bonds. The molecule has 0 aliphatic rings. The predicted molar refractivity (Wildman–Crippen MR) is 104 cm³/mol. The molecule has 0 aliphatic carbocycles. The van der Waals surface area contributed by atoms with E-state index in [-0.39, 0.29) is 0 Å². The van der Waals surface area contributed by atoms with Gasteiger partial charge in [-0.1, -0.05) is 0 Å². The summed E-state index contributed by atoms with van der Waals surface area (Å²) < 4.78 is 3.15. The topological polar surface area (TPSA) is 0 Å². The van der Waals surface area contributed by atoms with Gasteiger partial charge in [0.25, 0.3) is 0 Å². The molecule has 0 fully saturated rings. The van der Waals surface area contributed by atoms with Gasteiger partial charge in [0.2, 0.25) is 0 Å². The molecule has 0 unspecified atom stereocenters. The normalized spacial score (nSPS) is 13.0. The first-order valence-electron chi connectivity index (χ1n) is 7.73. The van der Waals surface area contributed by atoms with Gasteiger partial charge in [0.15, 0.2) is 0 Å². The average molecular weight is 410 g/mol. The number of hydrogen-bond donors (Lipinski definition) is 0. The van der Waals surface area contributed by atoms with Crippen molar-refractivity contribution in [1.82, 2.24) is 0 Å². The number of rotatable bonds is 5. The van der Waals surface area contributed by atoms with Crippen LogP contribution < -0.4 is 0 Å². The van der Waals surface area contributed by atoms with Crippen LogP contribution in [0.25, 0.3) is 8.81 Å². The second-order valence-electron chi connectivity index (χ2n) is 5.89.